The van der Waals surface area contributed by atoms with E-state index in [-0.39, 0.29) is 17.0 Å². The van der Waals surface area contributed by atoms with Crippen LogP contribution in [0.5, 0.6) is 5.88 Å². The van der Waals surface area contributed by atoms with Gasteiger partial charge in [0.15, 0.2) is 0 Å². The van der Waals surface area contributed by atoms with Crippen LogP contribution in [0, 0.1) is 6.92 Å². The van der Waals surface area contributed by atoms with Gasteiger partial charge in [0.25, 0.3) is 5.91 Å². The number of hydrogen-bond donors (Lipinski definition) is 3. The molecule has 0 aliphatic carbocycles. The van der Waals surface area contributed by atoms with E-state index >= 15 is 0 Å². The minimum Gasteiger partial charge on any atom is -0.494 e. The zero-order valence-electron chi connectivity index (χ0n) is 20.2. The number of carbonyl (C=O) groups excluding carboxylic acids is 1. The summed E-state index contributed by atoms with van der Waals surface area (Å²) in [5, 5.41) is 25.6. The molecule has 0 bridgehead atoms. The van der Waals surface area contributed by atoms with Crippen LogP contribution in [-0.2, 0) is 0 Å². The molecule has 2 heterocycles. The number of nitrogens with one attached hydrogen (secondary N) is 1. The predicted octanol–water partition coefficient (Wildman–Crippen LogP) is 5.29. The number of hydrogen-bond acceptors (Lipinski definition) is 4. The van der Waals surface area contributed by atoms with Crippen LogP contribution in [0.4, 0.5) is 0 Å². The highest BCUT2D eigenvalue weighted by molar-refractivity contribution is 6.13. The van der Waals surface area contributed by atoms with E-state index in [2.05, 4.69) is 10.5 Å². The van der Waals surface area contributed by atoms with Gasteiger partial charge >= 0.3 is 5.97 Å². The summed E-state index contributed by atoms with van der Waals surface area (Å²) >= 11 is 0. The van der Waals surface area contributed by atoms with Gasteiger partial charge in [0.2, 0.25) is 5.88 Å². The third-order valence-corrected chi connectivity index (χ3v) is 6.18. The van der Waals surface area contributed by atoms with E-state index in [1.807, 2.05) is 78.5 Å². The Balaban J connectivity index is 1.60. The lowest BCUT2D eigenvalue weighted by molar-refractivity contribution is 0.0697. The van der Waals surface area contributed by atoms with Gasteiger partial charge in [0.05, 0.1) is 22.4 Å². The molecule has 0 atom stereocenters. The maximum atomic E-state index is 12.7. The fourth-order valence-electron chi connectivity index (χ4n) is 4.29. The fraction of sp³-hybridized carbons (Fsp3) is 0.0690. The van der Waals surface area contributed by atoms with E-state index < -0.39 is 11.9 Å². The number of aryl methyl sites for hydroxylation is 1. The molecular weight excluding hydrogens is 468 g/mol. The first-order chi connectivity index (χ1) is 17.8. The van der Waals surface area contributed by atoms with Crippen molar-refractivity contribution in [2.75, 3.05) is 0 Å². The van der Waals surface area contributed by atoms with Gasteiger partial charge in [-0.15, -0.1) is 0 Å². The molecular formula is C29H24N4O4. The normalized spacial score (nSPS) is 11.6. The van der Waals surface area contributed by atoms with Gasteiger partial charge in [-0.05, 0) is 74.5 Å². The lowest BCUT2D eigenvalue weighted by Gasteiger charge is -2.08. The summed E-state index contributed by atoms with van der Waals surface area (Å²) in [6.07, 6.45) is 3.87. The first-order valence-corrected chi connectivity index (χ1v) is 11.6. The highest BCUT2D eigenvalue weighted by Crippen LogP contribution is 2.36. The number of aromatic carboxylic acids is 1. The van der Waals surface area contributed by atoms with Crippen molar-refractivity contribution in [3.05, 3.63) is 114 Å². The van der Waals surface area contributed by atoms with Crippen LogP contribution in [0.15, 0.2) is 96.4 Å². The molecule has 0 radical (unpaired) electrons. The van der Waals surface area contributed by atoms with Crippen molar-refractivity contribution in [1.29, 1.82) is 0 Å². The molecule has 3 aromatic carbocycles. The largest absolute Gasteiger partial charge is 0.494 e. The number of carboxylic acid groups (broad SMARTS) is 1. The third kappa shape index (κ3) is 4.48. The van der Waals surface area contributed by atoms with Crippen molar-refractivity contribution < 1.29 is 19.8 Å². The Morgan fingerprint density at radius 1 is 0.865 bits per heavy atom. The standard InChI is InChI=1S/C29H24N4O4/c1-18-8-10-22(11-9-18)33-25-13-12-23(32-14-3-4-15-32)17-24(25)26(28(33)35)19(2)30-31-27(34)20-6-5-7-21(16-20)29(36)37/h3-17,35H,1-2H3,(H,31,34)(H,36,37)/b30-19+. The maximum Gasteiger partial charge on any atom is 0.335 e. The van der Waals surface area contributed by atoms with Crippen molar-refractivity contribution in [2.24, 2.45) is 5.10 Å². The van der Waals surface area contributed by atoms with E-state index in [0.29, 0.717) is 11.3 Å². The highest BCUT2D eigenvalue weighted by Gasteiger charge is 2.21. The van der Waals surface area contributed by atoms with E-state index in [1.54, 1.807) is 11.5 Å². The second-order valence-corrected chi connectivity index (χ2v) is 8.69. The van der Waals surface area contributed by atoms with Crippen LogP contribution in [0.3, 0.4) is 0 Å². The fourth-order valence-corrected chi connectivity index (χ4v) is 4.29. The number of carboxylic acids is 1. The molecule has 5 rings (SSSR count). The molecule has 184 valence electrons. The van der Waals surface area contributed by atoms with E-state index in [9.17, 15) is 19.8 Å². The Morgan fingerprint density at radius 3 is 2.24 bits per heavy atom. The Hall–Kier alpha value is -5.11. The molecule has 8 nitrogen and oxygen atoms in total. The van der Waals surface area contributed by atoms with Crippen LogP contribution < -0.4 is 5.43 Å². The van der Waals surface area contributed by atoms with Gasteiger partial charge < -0.3 is 14.8 Å². The number of benzene rings is 3. The summed E-state index contributed by atoms with van der Waals surface area (Å²) in [4.78, 5) is 23.9. The van der Waals surface area contributed by atoms with Crippen LogP contribution >= 0.6 is 0 Å². The molecule has 8 heteroatoms. The van der Waals surface area contributed by atoms with Crippen LogP contribution in [0.2, 0.25) is 0 Å². The predicted molar refractivity (Wildman–Crippen MR) is 142 cm³/mol. The topological polar surface area (TPSA) is 109 Å². The molecule has 2 aromatic heterocycles. The van der Waals surface area contributed by atoms with E-state index in [1.165, 1.54) is 24.3 Å². The van der Waals surface area contributed by atoms with Crippen molar-refractivity contribution in [2.45, 2.75) is 13.8 Å². The minimum atomic E-state index is -1.12. The summed E-state index contributed by atoms with van der Waals surface area (Å²) in [5.74, 6) is -1.69. The number of aromatic nitrogens is 2. The van der Waals surface area contributed by atoms with Crippen molar-refractivity contribution >= 4 is 28.5 Å². The van der Waals surface area contributed by atoms with Crippen molar-refractivity contribution in [3.8, 4) is 17.3 Å². The van der Waals surface area contributed by atoms with E-state index in [4.69, 9.17) is 0 Å². The summed E-state index contributed by atoms with van der Waals surface area (Å²) in [5.41, 5.74) is 7.09. The number of amides is 1. The minimum absolute atomic E-state index is 0.00436. The first kappa shape index (κ1) is 23.6. The van der Waals surface area contributed by atoms with Crippen molar-refractivity contribution in [3.63, 3.8) is 0 Å². The molecule has 0 saturated carbocycles. The number of fused-ring (bicyclic) bond motifs is 1. The van der Waals surface area contributed by atoms with Gasteiger partial charge in [-0.1, -0.05) is 23.8 Å². The quantitative estimate of drug-likeness (QED) is 0.221. The number of carbonyl (C=O) groups is 2. The Labute approximate surface area is 212 Å². The molecule has 0 saturated heterocycles. The Kier molecular flexibility index (Phi) is 6.07. The lowest BCUT2D eigenvalue weighted by atomic mass is 10.1. The van der Waals surface area contributed by atoms with E-state index in [0.717, 1.165) is 27.8 Å². The maximum absolute atomic E-state index is 12.7. The zero-order valence-corrected chi connectivity index (χ0v) is 20.2. The van der Waals surface area contributed by atoms with Crippen LogP contribution in [0.1, 0.15) is 38.8 Å². The van der Waals surface area contributed by atoms with Gasteiger partial charge in [-0.25, -0.2) is 10.2 Å². The highest BCUT2D eigenvalue weighted by atomic mass is 16.4. The second kappa shape index (κ2) is 9.50. The average molecular weight is 493 g/mol. The SMILES string of the molecule is C/C(=N\NC(=O)c1cccc(C(=O)O)c1)c1c(O)n(-c2ccc(C)cc2)c2ccc(-n3cccc3)cc12. The van der Waals surface area contributed by atoms with Crippen molar-refractivity contribution in [1.82, 2.24) is 14.6 Å². The second-order valence-electron chi connectivity index (χ2n) is 8.69. The Bertz CT molecular complexity index is 1660. The summed E-state index contributed by atoms with van der Waals surface area (Å²) in [6.45, 7) is 3.70. The van der Waals surface area contributed by atoms with Gasteiger partial charge in [-0.2, -0.15) is 5.10 Å². The molecule has 5 aromatic rings. The molecule has 0 spiro atoms. The van der Waals surface area contributed by atoms with Gasteiger partial charge in [0.1, 0.15) is 0 Å². The number of aromatic hydroxyl groups is 1. The Morgan fingerprint density at radius 2 is 1.54 bits per heavy atom. The summed E-state index contributed by atoms with van der Waals surface area (Å²) < 4.78 is 3.72. The van der Waals surface area contributed by atoms with Crippen LogP contribution in [-0.4, -0.2) is 36.9 Å². The number of rotatable bonds is 6. The van der Waals surface area contributed by atoms with Gasteiger partial charge in [0, 0.05) is 34.7 Å². The zero-order chi connectivity index (χ0) is 26.1. The molecule has 1 amide bonds. The molecule has 37 heavy (non-hydrogen) atoms. The molecule has 3 N–H and O–H groups in total. The molecule has 0 aliphatic rings. The summed E-state index contributed by atoms with van der Waals surface area (Å²) in [6, 6.07) is 23.3. The molecule has 0 unspecified atom stereocenters. The number of hydrazone groups is 1. The monoisotopic (exact) mass is 492 g/mol. The molecule has 0 aliphatic heterocycles. The summed E-state index contributed by atoms with van der Waals surface area (Å²) in [7, 11) is 0. The number of nitrogens with zero attached hydrogens (tertiary/aromatic N) is 3. The smallest absolute Gasteiger partial charge is 0.335 e. The molecule has 0 fully saturated rings. The van der Waals surface area contributed by atoms with Crippen LogP contribution in [0.25, 0.3) is 22.3 Å². The lowest BCUT2D eigenvalue weighted by Crippen LogP contribution is -2.19. The average Bonchev–Trinajstić information content (AvgIpc) is 3.53. The van der Waals surface area contributed by atoms with Gasteiger partial charge in [-0.3, -0.25) is 9.36 Å². The first-order valence-electron chi connectivity index (χ1n) is 11.6. The third-order valence-electron chi connectivity index (χ3n) is 6.18.